The monoisotopic (exact) mass is 775 g/mol. The molecule has 1 aromatic heterocycles. The van der Waals surface area contributed by atoms with Crippen LogP contribution >= 0.6 is 0 Å². The number of nitrogens with one attached hydrogen (secondary N) is 2. The predicted molar refractivity (Wildman–Crippen MR) is 214 cm³/mol. The summed E-state index contributed by atoms with van der Waals surface area (Å²) in [4.78, 5) is 67.9. The molecule has 0 spiro atoms. The second-order valence-electron chi connectivity index (χ2n) is 16.9. The maximum absolute atomic E-state index is 14.7. The summed E-state index contributed by atoms with van der Waals surface area (Å²) in [7, 11) is 5.03. The first-order valence-electron chi connectivity index (χ1n) is 20.6. The SMILES string of the molecule is CC[C@H](C)[C@@H]([C@@H](CC(=O)N1CCC[C@H]1[C@H](OC)[C@@H](C)C(=O)N[C@@H](Cc1ccccc1)c1ncccn1)OC)N(C)C(=O)[C@@H](C(C)C)C12CCC(C1)C(C(N)=O)N2. The molecule has 308 valence electrons. The van der Waals surface area contributed by atoms with Crippen molar-refractivity contribution in [1.82, 2.24) is 30.4 Å². The number of fused-ring (bicyclic) bond motifs is 2. The van der Waals surface area contributed by atoms with E-state index in [-0.39, 0.29) is 65.8 Å². The molecular weight excluding hydrogens is 711 g/mol. The number of rotatable bonds is 19. The van der Waals surface area contributed by atoms with Gasteiger partial charge < -0.3 is 30.3 Å². The molecule has 1 aliphatic carbocycles. The Balaban J connectivity index is 1.31. The number of nitrogens with two attached hydrogens (primary N) is 1. The summed E-state index contributed by atoms with van der Waals surface area (Å²) >= 11 is 0. The van der Waals surface area contributed by atoms with Gasteiger partial charge in [0, 0.05) is 45.7 Å². The van der Waals surface area contributed by atoms with Crippen LogP contribution in [-0.4, -0.2) is 107 Å². The van der Waals surface area contributed by atoms with Gasteiger partial charge in [-0.3, -0.25) is 24.5 Å². The number of likely N-dealkylation sites (N-methyl/N-ethyl adjacent to an activating group) is 1. The van der Waals surface area contributed by atoms with E-state index in [1.54, 1.807) is 32.7 Å². The molecule has 5 rings (SSSR count). The highest BCUT2D eigenvalue weighted by atomic mass is 16.5. The Morgan fingerprint density at radius 2 is 1.73 bits per heavy atom. The first-order valence-corrected chi connectivity index (χ1v) is 20.6. The summed E-state index contributed by atoms with van der Waals surface area (Å²) in [6.07, 6.45) is 7.46. The second-order valence-corrected chi connectivity index (χ2v) is 16.9. The van der Waals surface area contributed by atoms with Gasteiger partial charge in [0.05, 0.1) is 54.6 Å². The Morgan fingerprint density at radius 1 is 1.04 bits per heavy atom. The Kier molecular flexibility index (Phi) is 14.7. The number of aromatic nitrogens is 2. The Morgan fingerprint density at radius 3 is 2.32 bits per heavy atom. The molecule has 11 atom stereocenters. The van der Waals surface area contributed by atoms with Crippen LogP contribution in [0.1, 0.15) is 97.0 Å². The summed E-state index contributed by atoms with van der Waals surface area (Å²) in [6, 6.07) is 10.1. The number of methoxy groups -OCH3 is 2. The van der Waals surface area contributed by atoms with Gasteiger partial charge in [0.15, 0.2) is 5.82 Å². The van der Waals surface area contributed by atoms with Crippen LogP contribution in [0.25, 0.3) is 0 Å². The van der Waals surface area contributed by atoms with Gasteiger partial charge in [-0.15, -0.1) is 0 Å². The van der Waals surface area contributed by atoms with Crippen molar-refractivity contribution in [2.75, 3.05) is 27.8 Å². The van der Waals surface area contributed by atoms with Crippen LogP contribution in [0, 0.1) is 29.6 Å². The molecular formula is C43H65N7O6. The number of ether oxygens (including phenoxy) is 2. The molecule has 56 heavy (non-hydrogen) atoms. The largest absolute Gasteiger partial charge is 0.379 e. The van der Waals surface area contributed by atoms with E-state index < -0.39 is 35.7 Å². The fourth-order valence-corrected chi connectivity index (χ4v) is 10.2. The smallest absolute Gasteiger partial charge is 0.234 e. The third-order valence-electron chi connectivity index (χ3n) is 13.1. The van der Waals surface area contributed by atoms with Gasteiger partial charge in [0.2, 0.25) is 23.6 Å². The second kappa shape index (κ2) is 19.0. The number of piperidine rings is 1. The van der Waals surface area contributed by atoms with Crippen LogP contribution in [0.2, 0.25) is 0 Å². The van der Waals surface area contributed by atoms with Crippen LogP contribution in [0.15, 0.2) is 48.8 Å². The number of hydrogen-bond donors (Lipinski definition) is 3. The van der Waals surface area contributed by atoms with E-state index in [1.807, 2.05) is 54.1 Å². The molecule has 13 heteroatoms. The van der Waals surface area contributed by atoms with Crippen LogP contribution in [0.3, 0.4) is 0 Å². The fourth-order valence-electron chi connectivity index (χ4n) is 10.2. The number of likely N-dealkylation sites (tertiary alicyclic amines) is 1. The van der Waals surface area contributed by atoms with Gasteiger partial charge in [-0.1, -0.05) is 71.4 Å². The molecule has 2 bridgehead atoms. The lowest BCUT2D eigenvalue weighted by Crippen LogP contribution is -2.61. The van der Waals surface area contributed by atoms with Crippen molar-refractivity contribution in [1.29, 1.82) is 0 Å². The van der Waals surface area contributed by atoms with Crippen molar-refractivity contribution in [2.24, 2.45) is 35.3 Å². The highest BCUT2D eigenvalue weighted by molar-refractivity contribution is 5.84. The summed E-state index contributed by atoms with van der Waals surface area (Å²) in [5, 5.41) is 6.71. The van der Waals surface area contributed by atoms with E-state index in [9.17, 15) is 19.2 Å². The van der Waals surface area contributed by atoms with Gasteiger partial charge >= 0.3 is 0 Å². The van der Waals surface area contributed by atoms with Crippen LogP contribution < -0.4 is 16.4 Å². The quantitative estimate of drug-likeness (QED) is 0.191. The molecule has 2 aliphatic heterocycles. The highest BCUT2D eigenvalue weighted by Crippen LogP contribution is 2.50. The zero-order valence-corrected chi connectivity index (χ0v) is 34.6. The first-order chi connectivity index (χ1) is 26.8. The number of amides is 4. The topological polar surface area (TPSA) is 169 Å². The molecule has 2 aromatic rings. The molecule has 3 unspecified atom stereocenters. The van der Waals surface area contributed by atoms with Crippen LogP contribution in [0.4, 0.5) is 0 Å². The van der Waals surface area contributed by atoms with E-state index in [0.29, 0.717) is 25.2 Å². The maximum atomic E-state index is 14.7. The molecule has 2 saturated heterocycles. The molecule has 4 amide bonds. The zero-order valence-electron chi connectivity index (χ0n) is 34.6. The third-order valence-corrected chi connectivity index (χ3v) is 13.1. The number of benzene rings is 1. The van der Waals surface area contributed by atoms with E-state index in [4.69, 9.17) is 15.2 Å². The van der Waals surface area contributed by atoms with Crippen molar-refractivity contribution in [2.45, 2.75) is 128 Å². The fraction of sp³-hybridized carbons (Fsp3) is 0.674. The Labute approximate surface area is 333 Å². The minimum Gasteiger partial charge on any atom is -0.379 e. The van der Waals surface area contributed by atoms with Gasteiger partial charge in [0.25, 0.3) is 0 Å². The molecule has 1 aromatic carbocycles. The lowest BCUT2D eigenvalue weighted by atomic mass is 9.74. The number of carbonyl (C=O) groups excluding carboxylic acids is 4. The van der Waals surface area contributed by atoms with Gasteiger partial charge in [-0.05, 0) is 67.9 Å². The standard InChI is InChI=1S/C43H65N7O6/c1-9-27(4)37(49(6)42(54)35(26(2)3)43-19-18-30(25-43)36(48-43)39(44)52)33(55-7)24-34(51)50-22-13-17-32(50)38(56-8)28(5)41(53)47-31(40-45-20-14-21-46-40)23-29-15-11-10-12-16-29/h10-12,14-16,20-21,26-28,30-33,35-38,48H,9,13,17-19,22-25H2,1-8H3,(H2,44,52)(H,47,53)/t27-,28+,30?,31-,32-,33+,35+,36?,37-,38+,43?/m0/s1. The first kappa shape index (κ1) is 43.2. The highest BCUT2D eigenvalue weighted by Gasteiger charge is 2.59. The maximum Gasteiger partial charge on any atom is 0.234 e. The lowest BCUT2D eigenvalue weighted by molar-refractivity contribution is -0.150. The van der Waals surface area contributed by atoms with Gasteiger partial charge in [-0.2, -0.15) is 0 Å². The summed E-state index contributed by atoms with van der Waals surface area (Å²) < 4.78 is 12.2. The van der Waals surface area contributed by atoms with Gasteiger partial charge in [-0.25, -0.2) is 9.97 Å². The number of primary amides is 1. The normalized spacial score (nSPS) is 25.6. The van der Waals surface area contributed by atoms with Crippen molar-refractivity contribution >= 4 is 23.6 Å². The molecule has 4 N–H and O–H groups in total. The Bertz CT molecular complexity index is 1630. The minimum atomic E-state index is -0.587. The van der Waals surface area contributed by atoms with E-state index in [1.165, 1.54) is 0 Å². The number of nitrogens with zero attached hydrogens (tertiary/aromatic N) is 4. The third kappa shape index (κ3) is 9.26. The van der Waals surface area contributed by atoms with Crippen molar-refractivity contribution in [3.8, 4) is 0 Å². The van der Waals surface area contributed by atoms with E-state index in [2.05, 4.69) is 48.3 Å². The number of hydrogen-bond acceptors (Lipinski definition) is 9. The molecule has 3 fully saturated rings. The van der Waals surface area contributed by atoms with Crippen LogP contribution in [-0.2, 0) is 35.1 Å². The van der Waals surface area contributed by atoms with Crippen LogP contribution in [0.5, 0.6) is 0 Å². The minimum absolute atomic E-state index is 0.00685. The molecule has 13 nitrogen and oxygen atoms in total. The summed E-state index contributed by atoms with van der Waals surface area (Å²) in [5.41, 5.74) is 6.31. The van der Waals surface area contributed by atoms with Crippen molar-refractivity contribution in [3.63, 3.8) is 0 Å². The van der Waals surface area contributed by atoms with Crippen molar-refractivity contribution < 1.29 is 28.7 Å². The summed E-state index contributed by atoms with van der Waals surface area (Å²) in [6.45, 7) is 10.7. The van der Waals surface area contributed by atoms with E-state index >= 15 is 0 Å². The average molecular weight is 776 g/mol. The molecule has 0 radical (unpaired) electrons. The predicted octanol–water partition coefficient (Wildman–Crippen LogP) is 4.07. The lowest BCUT2D eigenvalue weighted by Gasteiger charge is -2.45. The van der Waals surface area contributed by atoms with Gasteiger partial charge in [0.1, 0.15) is 0 Å². The molecule has 3 heterocycles. The summed E-state index contributed by atoms with van der Waals surface area (Å²) in [5.74, 6) is -0.948. The van der Waals surface area contributed by atoms with Crippen molar-refractivity contribution in [3.05, 3.63) is 60.2 Å². The number of carbonyl (C=O) groups is 4. The molecule has 1 saturated carbocycles. The molecule has 3 aliphatic rings. The average Bonchev–Trinajstić information content (AvgIpc) is 3.94. The van der Waals surface area contributed by atoms with E-state index in [0.717, 1.165) is 37.7 Å². The zero-order chi connectivity index (χ0) is 40.7. The Hall–Kier alpha value is -3.94.